The fourth-order valence-electron chi connectivity index (χ4n) is 2.32. The first-order valence-corrected chi connectivity index (χ1v) is 7.05. The molecule has 1 atom stereocenters. The summed E-state index contributed by atoms with van der Waals surface area (Å²) in [4.78, 5) is 18.1. The number of pyridine rings is 1. The van der Waals surface area contributed by atoms with E-state index >= 15 is 0 Å². The highest BCUT2D eigenvalue weighted by Crippen LogP contribution is 2.19. The summed E-state index contributed by atoms with van der Waals surface area (Å²) in [5, 5.41) is 11.6. The summed E-state index contributed by atoms with van der Waals surface area (Å²) >= 11 is 3.39. The third kappa shape index (κ3) is 2.47. The zero-order chi connectivity index (χ0) is 14.1. The molecular weight excluding hydrogens is 322 g/mol. The first-order chi connectivity index (χ1) is 9.65. The number of carbonyl (C=O) groups is 1. The van der Waals surface area contributed by atoms with Crippen molar-refractivity contribution in [1.82, 2.24) is 14.3 Å². The van der Waals surface area contributed by atoms with Crippen LogP contribution >= 0.6 is 15.9 Å². The Hall–Kier alpha value is -2.07. The maximum atomic E-state index is 12.1. The molecular formula is C13H12BrN5O. The Balaban J connectivity index is 1.73. The van der Waals surface area contributed by atoms with Gasteiger partial charge < -0.3 is 14.6 Å². The Morgan fingerprint density at radius 1 is 1.50 bits per heavy atom. The predicted molar refractivity (Wildman–Crippen MR) is 76.8 cm³/mol. The molecule has 2 aromatic heterocycles. The summed E-state index contributed by atoms with van der Waals surface area (Å²) in [6.07, 6.45) is 6.43. The molecule has 3 rings (SSSR count). The molecule has 1 fully saturated rings. The van der Waals surface area contributed by atoms with Crippen molar-refractivity contribution in [2.75, 3.05) is 18.4 Å². The number of halogens is 1. The highest BCUT2D eigenvalue weighted by molar-refractivity contribution is 9.10. The normalized spacial score (nSPS) is 18.2. The van der Waals surface area contributed by atoms with E-state index in [4.69, 9.17) is 5.26 Å². The number of fused-ring (bicyclic) bond motifs is 1. The zero-order valence-electron chi connectivity index (χ0n) is 10.6. The largest absolute Gasteiger partial charge is 0.310 e. The van der Waals surface area contributed by atoms with Crippen LogP contribution in [0.25, 0.3) is 5.65 Å². The quantitative estimate of drug-likeness (QED) is 0.851. The molecule has 0 aliphatic carbocycles. The summed E-state index contributed by atoms with van der Waals surface area (Å²) < 4.78 is 2.79. The molecule has 20 heavy (non-hydrogen) atoms. The molecule has 2 aromatic rings. The minimum absolute atomic E-state index is 0.0785. The number of amides is 1. The molecule has 0 aromatic carbocycles. The van der Waals surface area contributed by atoms with Gasteiger partial charge in [0.25, 0.3) is 0 Å². The van der Waals surface area contributed by atoms with Crippen LogP contribution in [0.3, 0.4) is 0 Å². The van der Waals surface area contributed by atoms with Crippen molar-refractivity contribution in [1.29, 1.82) is 5.26 Å². The SMILES string of the molecule is N#CN1CCC(C(=O)Nc2cn3cc(Br)ccc3n2)C1. The van der Waals surface area contributed by atoms with Crippen molar-refractivity contribution in [2.45, 2.75) is 6.42 Å². The highest BCUT2D eigenvalue weighted by atomic mass is 79.9. The lowest BCUT2D eigenvalue weighted by molar-refractivity contribution is -0.119. The van der Waals surface area contributed by atoms with E-state index in [9.17, 15) is 4.79 Å². The molecule has 1 saturated heterocycles. The minimum atomic E-state index is -0.147. The van der Waals surface area contributed by atoms with Crippen LogP contribution in [0, 0.1) is 17.4 Å². The van der Waals surface area contributed by atoms with Gasteiger partial charge in [-0.15, -0.1) is 0 Å². The number of hydrogen-bond donors (Lipinski definition) is 1. The van der Waals surface area contributed by atoms with Crippen LogP contribution in [-0.2, 0) is 4.79 Å². The Labute approximate surface area is 124 Å². The number of imidazole rings is 1. The van der Waals surface area contributed by atoms with Crippen LogP contribution in [0.2, 0.25) is 0 Å². The Morgan fingerprint density at radius 3 is 3.10 bits per heavy atom. The molecule has 0 bridgehead atoms. The predicted octanol–water partition coefficient (Wildman–Crippen LogP) is 1.84. The molecule has 7 heteroatoms. The van der Waals surface area contributed by atoms with E-state index in [2.05, 4.69) is 32.4 Å². The molecule has 0 saturated carbocycles. The van der Waals surface area contributed by atoms with Gasteiger partial charge in [0.05, 0.1) is 12.1 Å². The number of nitrogens with one attached hydrogen (secondary N) is 1. The van der Waals surface area contributed by atoms with E-state index in [0.29, 0.717) is 25.3 Å². The van der Waals surface area contributed by atoms with E-state index in [1.54, 1.807) is 11.1 Å². The lowest BCUT2D eigenvalue weighted by Gasteiger charge is -2.08. The van der Waals surface area contributed by atoms with E-state index < -0.39 is 0 Å². The van der Waals surface area contributed by atoms with Gasteiger partial charge in [0.2, 0.25) is 5.91 Å². The third-order valence-electron chi connectivity index (χ3n) is 3.37. The molecule has 0 spiro atoms. The van der Waals surface area contributed by atoms with Gasteiger partial charge in [-0.25, -0.2) is 4.98 Å². The molecule has 3 heterocycles. The molecule has 1 amide bonds. The lowest BCUT2D eigenvalue weighted by Crippen LogP contribution is -2.25. The number of carbonyl (C=O) groups excluding carboxylic acids is 1. The number of anilines is 1. The molecule has 1 aliphatic heterocycles. The number of nitriles is 1. The van der Waals surface area contributed by atoms with Gasteiger partial charge in [0.15, 0.2) is 12.0 Å². The van der Waals surface area contributed by atoms with Crippen LogP contribution in [0.15, 0.2) is 29.0 Å². The van der Waals surface area contributed by atoms with Gasteiger partial charge in [-0.2, -0.15) is 5.26 Å². The molecule has 1 unspecified atom stereocenters. The van der Waals surface area contributed by atoms with E-state index in [1.807, 2.05) is 22.7 Å². The fraction of sp³-hybridized carbons (Fsp3) is 0.308. The van der Waals surface area contributed by atoms with Crippen molar-refractivity contribution >= 4 is 33.3 Å². The van der Waals surface area contributed by atoms with E-state index in [0.717, 1.165) is 10.1 Å². The summed E-state index contributed by atoms with van der Waals surface area (Å²) in [6, 6.07) is 3.77. The lowest BCUT2D eigenvalue weighted by atomic mass is 10.1. The second kappa shape index (κ2) is 5.13. The van der Waals surface area contributed by atoms with Gasteiger partial charge in [-0.3, -0.25) is 4.79 Å². The average molecular weight is 334 g/mol. The van der Waals surface area contributed by atoms with Crippen molar-refractivity contribution < 1.29 is 4.79 Å². The molecule has 1 aliphatic rings. The van der Waals surface area contributed by atoms with Crippen molar-refractivity contribution in [3.8, 4) is 6.19 Å². The Morgan fingerprint density at radius 2 is 2.35 bits per heavy atom. The van der Waals surface area contributed by atoms with Crippen molar-refractivity contribution in [3.63, 3.8) is 0 Å². The monoisotopic (exact) mass is 333 g/mol. The van der Waals surface area contributed by atoms with Gasteiger partial charge in [-0.1, -0.05) is 0 Å². The minimum Gasteiger partial charge on any atom is -0.310 e. The van der Waals surface area contributed by atoms with Crippen LogP contribution in [0.5, 0.6) is 0 Å². The third-order valence-corrected chi connectivity index (χ3v) is 3.84. The topological polar surface area (TPSA) is 73.4 Å². The molecule has 6 nitrogen and oxygen atoms in total. The maximum absolute atomic E-state index is 12.1. The number of likely N-dealkylation sites (tertiary alicyclic amines) is 1. The van der Waals surface area contributed by atoms with E-state index in [-0.39, 0.29) is 11.8 Å². The van der Waals surface area contributed by atoms with Crippen LogP contribution in [0.4, 0.5) is 5.82 Å². The summed E-state index contributed by atoms with van der Waals surface area (Å²) in [7, 11) is 0. The van der Waals surface area contributed by atoms with Crippen molar-refractivity contribution in [2.24, 2.45) is 5.92 Å². The van der Waals surface area contributed by atoms with Gasteiger partial charge >= 0.3 is 0 Å². The fourth-order valence-corrected chi connectivity index (χ4v) is 2.67. The number of nitrogens with zero attached hydrogens (tertiary/aromatic N) is 4. The van der Waals surface area contributed by atoms with Crippen LogP contribution in [-0.4, -0.2) is 33.3 Å². The van der Waals surface area contributed by atoms with Crippen molar-refractivity contribution in [3.05, 3.63) is 29.0 Å². The van der Waals surface area contributed by atoms with Crippen LogP contribution < -0.4 is 5.32 Å². The van der Waals surface area contributed by atoms with Gasteiger partial charge in [0, 0.05) is 23.8 Å². The standard InChI is InChI=1S/C13H12BrN5O/c14-10-1-2-12-16-11(7-19(12)6-10)17-13(20)9-3-4-18(5-9)8-15/h1-2,6-7,9H,3-5H2,(H,17,20). The van der Waals surface area contributed by atoms with Gasteiger partial charge in [0.1, 0.15) is 5.65 Å². The second-order valence-corrected chi connectivity index (χ2v) is 5.68. The van der Waals surface area contributed by atoms with Crippen LogP contribution in [0.1, 0.15) is 6.42 Å². The smallest absolute Gasteiger partial charge is 0.230 e. The number of aromatic nitrogens is 2. The summed E-state index contributed by atoms with van der Waals surface area (Å²) in [6.45, 7) is 1.13. The Kier molecular flexibility index (Phi) is 3.32. The number of rotatable bonds is 2. The average Bonchev–Trinajstić information content (AvgIpc) is 3.03. The zero-order valence-corrected chi connectivity index (χ0v) is 12.2. The summed E-state index contributed by atoms with van der Waals surface area (Å²) in [5.41, 5.74) is 0.772. The summed E-state index contributed by atoms with van der Waals surface area (Å²) in [5.74, 6) is 0.305. The molecule has 102 valence electrons. The van der Waals surface area contributed by atoms with E-state index in [1.165, 1.54) is 0 Å². The highest BCUT2D eigenvalue weighted by Gasteiger charge is 2.28. The molecule has 1 N–H and O–H groups in total. The van der Waals surface area contributed by atoms with Gasteiger partial charge in [-0.05, 0) is 34.5 Å². The second-order valence-electron chi connectivity index (χ2n) is 4.76. The molecule has 0 radical (unpaired) electrons. The maximum Gasteiger partial charge on any atom is 0.230 e. The first kappa shape index (κ1) is 12.9. The Bertz CT molecular complexity index is 704. The first-order valence-electron chi connectivity index (χ1n) is 6.25. The number of hydrogen-bond acceptors (Lipinski definition) is 4.